The Kier molecular flexibility index (Phi) is 6.20. The van der Waals surface area contributed by atoms with Crippen LogP contribution in [-0.2, 0) is 17.6 Å². The second-order valence-electron chi connectivity index (χ2n) is 6.44. The predicted molar refractivity (Wildman–Crippen MR) is 101 cm³/mol. The molecule has 3 rings (SSSR count). The number of hydrogen-bond donors (Lipinski definition) is 1. The van der Waals surface area contributed by atoms with Gasteiger partial charge in [-0.05, 0) is 30.5 Å². The molecule has 1 aromatic rings. The fourth-order valence-corrected chi connectivity index (χ4v) is 3.36. The average Bonchev–Trinajstić information content (AvgIpc) is 3.13. The molecule has 2 aliphatic heterocycles. The molecule has 1 N–H and O–H groups in total. The minimum atomic E-state index is -0.226. The fourth-order valence-electron chi connectivity index (χ4n) is 3.36. The van der Waals surface area contributed by atoms with E-state index in [2.05, 4.69) is 33.4 Å². The van der Waals surface area contributed by atoms with E-state index in [0.29, 0.717) is 19.7 Å². The van der Waals surface area contributed by atoms with Gasteiger partial charge in [-0.1, -0.05) is 12.1 Å². The second-order valence-corrected chi connectivity index (χ2v) is 6.44. The minimum Gasteiger partial charge on any atom is -0.493 e. The first-order chi connectivity index (χ1) is 12.7. The summed E-state index contributed by atoms with van der Waals surface area (Å²) in [7, 11) is 1.80. The van der Waals surface area contributed by atoms with Gasteiger partial charge in [0.25, 0.3) is 0 Å². The number of benzene rings is 1. The minimum absolute atomic E-state index is 0.226. The smallest absolute Gasteiger partial charge is 0.409 e. The van der Waals surface area contributed by atoms with Gasteiger partial charge >= 0.3 is 6.09 Å². The number of amides is 1. The molecule has 1 amide bonds. The Morgan fingerprint density at radius 3 is 2.77 bits per heavy atom. The predicted octanol–water partition coefficient (Wildman–Crippen LogP) is 1.51. The standard InChI is InChI=1S/C19H28N4O3/c1-3-25-19(24)23-11-9-22(10-12-23)18(20-2)21-8-6-15-4-5-17-16(14-15)7-13-26-17/h4-5,14H,3,6-13H2,1-2H3,(H,20,21). The quantitative estimate of drug-likeness (QED) is 0.651. The van der Waals surface area contributed by atoms with Crippen molar-refractivity contribution < 1.29 is 14.3 Å². The van der Waals surface area contributed by atoms with E-state index in [1.54, 1.807) is 11.9 Å². The Bertz CT molecular complexity index is 654. The topological polar surface area (TPSA) is 66.4 Å². The number of carbonyl (C=O) groups excluding carboxylic acids is 1. The highest BCUT2D eigenvalue weighted by Gasteiger charge is 2.23. The van der Waals surface area contributed by atoms with Gasteiger partial charge in [0.05, 0.1) is 13.2 Å². The molecule has 0 unspecified atom stereocenters. The third kappa shape index (κ3) is 4.39. The van der Waals surface area contributed by atoms with Crippen molar-refractivity contribution in [3.8, 4) is 5.75 Å². The van der Waals surface area contributed by atoms with Gasteiger partial charge < -0.3 is 24.6 Å². The SMILES string of the molecule is CCOC(=O)N1CCN(C(=NC)NCCc2ccc3c(c2)CCO3)CC1. The lowest BCUT2D eigenvalue weighted by Crippen LogP contribution is -2.54. The first-order valence-corrected chi connectivity index (χ1v) is 9.33. The van der Waals surface area contributed by atoms with Crippen LogP contribution in [0.2, 0.25) is 0 Å². The highest BCUT2D eigenvalue weighted by molar-refractivity contribution is 5.80. The van der Waals surface area contributed by atoms with Crippen LogP contribution in [-0.4, -0.2) is 74.8 Å². The molecule has 0 aliphatic carbocycles. The lowest BCUT2D eigenvalue weighted by atomic mass is 10.1. The van der Waals surface area contributed by atoms with Crippen molar-refractivity contribution >= 4 is 12.1 Å². The molecular weight excluding hydrogens is 332 g/mol. The van der Waals surface area contributed by atoms with Gasteiger partial charge in [0.15, 0.2) is 5.96 Å². The van der Waals surface area contributed by atoms with E-state index >= 15 is 0 Å². The summed E-state index contributed by atoms with van der Waals surface area (Å²) in [5.74, 6) is 1.91. The van der Waals surface area contributed by atoms with Gasteiger partial charge in [0.2, 0.25) is 0 Å². The zero-order valence-electron chi connectivity index (χ0n) is 15.7. The number of nitrogens with zero attached hydrogens (tertiary/aromatic N) is 3. The van der Waals surface area contributed by atoms with Crippen LogP contribution in [0.1, 0.15) is 18.1 Å². The van der Waals surface area contributed by atoms with Crippen LogP contribution in [0, 0.1) is 0 Å². The summed E-state index contributed by atoms with van der Waals surface area (Å²) in [5.41, 5.74) is 2.62. The molecular formula is C19H28N4O3. The number of fused-ring (bicyclic) bond motifs is 1. The summed E-state index contributed by atoms with van der Waals surface area (Å²) in [4.78, 5) is 20.1. The van der Waals surface area contributed by atoms with Gasteiger partial charge in [-0.25, -0.2) is 4.79 Å². The van der Waals surface area contributed by atoms with E-state index in [4.69, 9.17) is 9.47 Å². The van der Waals surface area contributed by atoms with E-state index in [9.17, 15) is 4.79 Å². The van der Waals surface area contributed by atoms with Gasteiger partial charge in [0.1, 0.15) is 5.75 Å². The summed E-state index contributed by atoms with van der Waals surface area (Å²) in [6.07, 6.45) is 1.72. The van der Waals surface area contributed by atoms with Crippen LogP contribution in [0.4, 0.5) is 4.79 Å². The first-order valence-electron chi connectivity index (χ1n) is 9.33. The molecule has 1 saturated heterocycles. The molecule has 1 aromatic carbocycles. The van der Waals surface area contributed by atoms with Gasteiger partial charge in [0, 0.05) is 46.2 Å². The number of nitrogens with one attached hydrogen (secondary N) is 1. The third-order valence-electron chi connectivity index (χ3n) is 4.77. The molecule has 0 saturated carbocycles. The molecule has 0 atom stereocenters. The zero-order valence-corrected chi connectivity index (χ0v) is 15.7. The molecule has 26 heavy (non-hydrogen) atoms. The van der Waals surface area contributed by atoms with Crippen LogP contribution in [0.25, 0.3) is 0 Å². The Labute approximate surface area is 155 Å². The molecule has 7 nitrogen and oxygen atoms in total. The number of carbonyl (C=O) groups is 1. The Hall–Kier alpha value is -2.44. The second kappa shape index (κ2) is 8.78. The first kappa shape index (κ1) is 18.4. The van der Waals surface area contributed by atoms with Crippen LogP contribution in [0.5, 0.6) is 5.75 Å². The van der Waals surface area contributed by atoms with E-state index in [0.717, 1.165) is 50.8 Å². The lowest BCUT2D eigenvalue weighted by Gasteiger charge is -2.35. The number of hydrogen-bond acceptors (Lipinski definition) is 4. The number of aliphatic imine (C=N–C) groups is 1. The monoisotopic (exact) mass is 360 g/mol. The molecule has 0 spiro atoms. The van der Waals surface area contributed by atoms with Crippen molar-refractivity contribution in [3.05, 3.63) is 29.3 Å². The van der Waals surface area contributed by atoms with Gasteiger partial charge in [-0.2, -0.15) is 0 Å². The van der Waals surface area contributed by atoms with E-state index < -0.39 is 0 Å². The molecule has 2 aliphatic rings. The van der Waals surface area contributed by atoms with Crippen LogP contribution in [0.3, 0.4) is 0 Å². The van der Waals surface area contributed by atoms with Gasteiger partial charge in [-0.3, -0.25) is 4.99 Å². The van der Waals surface area contributed by atoms with Crippen LogP contribution < -0.4 is 10.1 Å². The molecule has 142 valence electrons. The molecule has 0 bridgehead atoms. The third-order valence-corrected chi connectivity index (χ3v) is 4.77. The molecule has 0 aromatic heterocycles. The maximum atomic E-state index is 11.8. The Morgan fingerprint density at radius 2 is 2.04 bits per heavy atom. The van der Waals surface area contributed by atoms with E-state index in [1.165, 1.54) is 11.1 Å². The average molecular weight is 360 g/mol. The fraction of sp³-hybridized carbons (Fsp3) is 0.579. The summed E-state index contributed by atoms with van der Waals surface area (Å²) in [5, 5.41) is 3.43. The van der Waals surface area contributed by atoms with Gasteiger partial charge in [-0.15, -0.1) is 0 Å². The highest BCUT2D eigenvalue weighted by Crippen LogP contribution is 2.25. The number of rotatable bonds is 4. The number of piperazine rings is 1. The maximum Gasteiger partial charge on any atom is 0.409 e. The largest absolute Gasteiger partial charge is 0.493 e. The van der Waals surface area contributed by atoms with E-state index in [1.807, 2.05) is 6.92 Å². The molecule has 1 fully saturated rings. The van der Waals surface area contributed by atoms with Crippen molar-refractivity contribution in [2.24, 2.45) is 4.99 Å². The molecule has 0 radical (unpaired) electrons. The summed E-state index contributed by atoms with van der Waals surface area (Å²) < 4.78 is 10.6. The number of ether oxygens (including phenoxy) is 2. The van der Waals surface area contributed by atoms with Crippen molar-refractivity contribution in [2.75, 3.05) is 53.0 Å². The lowest BCUT2D eigenvalue weighted by molar-refractivity contribution is 0.0915. The molecule has 7 heteroatoms. The zero-order chi connectivity index (χ0) is 18.4. The normalized spacial score (nSPS) is 16.9. The van der Waals surface area contributed by atoms with Crippen molar-refractivity contribution in [2.45, 2.75) is 19.8 Å². The Balaban J connectivity index is 1.44. The number of guanidine groups is 1. The summed E-state index contributed by atoms with van der Waals surface area (Å²) in [6.45, 7) is 6.69. The van der Waals surface area contributed by atoms with Crippen LogP contribution >= 0.6 is 0 Å². The Morgan fingerprint density at radius 1 is 1.27 bits per heavy atom. The van der Waals surface area contributed by atoms with E-state index in [-0.39, 0.29) is 6.09 Å². The highest BCUT2D eigenvalue weighted by atomic mass is 16.6. The van der Waals surface area contributed by atoms with Crippen molar-refractivity contribution in [1.82, 2.24) is 15.1 Å². The van der Waals surface area contributed by atoms with Crippen LogP contribution in [0.15, 0.2) is 23.2 Å². The van der Waals surface area contributed by atoms with Crippen molar-refractivity contribution in [3.63, 3.8) is 0 Å². The molecule has 2 heterocycles. The summed E-state index contributed by atoms with van der Waals surface area (Å²) in [6, 6.07) is 6.44. The maximum absolute atomic E-state index is 11.8. The summed E-state index contributed by atoms with van der Waals surface area (Å²) >= 11 is 0. The van der Waals surface area contributed by atoms with Crippen molar-refractivity contribution in [1.29, 1.82) is 0 Å².